The molecule has 1 aliphatic carbocycles. The van der Waals surface area contributed by atoms with Crippen molar-refractivity contribution in [3.8, 4) is 28.3 Å². The number of nitrogens with zero attached hydrogens (tertiary/aromatic N) is 9. The lowest BCUT2D eigenvalue weighted by Crippen LogP contribution is -2.52. The van der Waals surface area contributed by atoms with E-state index in [-0.39, 0.29) is 5.75 Å². The van der Waals surface area contributed by atoms with Crippen LogP contribution in [0.5, 0.6) is 5.75 Å². The molecule has 39 heavy (non-hydrogen) atoms. The Hall–Kier alpha value is -4.47. The maximum absolute atomic E-state index is 10.6. The number of anilines is 1. The van der Waals surface area contributed by atoms with Crippen LogP contribution in [0.3, 0.4) is 0 Å². The third-order valence-electron chi connectivity index (χ3n) is 6.25. The van der Waals surface area contributed by atoms with Gasteiger partial charge in [0.2, 0.25) is 11.6 Å². The molecule has 204 valence electrons. The van der Waals surface area contributed by atoms with Crippen LogP contribution in [-0.2, 0) is 11.8 Å². The molecule has 6 rings (SSSR count). The summed E-state index contributed by atoms with van der Waals surface area (Å²) < 4.78 is 31.7. The van der Waals surface area contributed by atoms with Crippen LogP contribution < -0.4 is 10.2 Å². The number of carboxylic acid groups (broad SMARTS) is 1. The van der Waals surface area contributed by atoms with E-state index in [0.717, 1.165) is 36.7 Å². The van der Waals surface area contributed by atoms with E-state index < -0.39 is 12.1 Å². The van der Waals surface area contributed by atoms with Gasteiger partial charge in [0.1, 0.15) is 22.7 Å². The topological polar surface area (TPSA) is 168 Å². The second-order valence-electron chi connectivity index (χ2n) is 9.14. The molecular formula is C23H23F3N10O3. The minimum atomic E-state index is -5.08. The lowest BCUT2D eigenvalue weighted by molar-refractivity contribution is -0.192. The number of fused-ring (bicyclic) bond motifs is 1. The van der Waals surface area contributed by atoms with Crippen LogP contribution in [-0.4, -0.2) is 88.2 Å². The van der Waals surface area contributed by atoms with E-state index in [9.17, 15) is 18.3 Å². The highest BCUT2D eigenvalue weighted by molar-refractivity contribution is 5.78. The summed E-state index contributed by atoms with van der Waals surface area (Å²) in [6.07, 6.45) is 2.48. The van der Waals surface area contributed by atoms with Gasteiger partial charge in [-0.3, -0.25) is 0 Å². The molecule has 5 heterocycles. The highest BCUT2D eigenvalue weighted by atomic mass is 19.4. The van der Waals surface area contributed by atoms with Crippen molar-refractivity contribution >= 4 is 23.1 Å². The van der Waals surface area contributed by atoms with Crippen LogP contribution in [0.1, 0.15) is 12.8 Å². The largest absolute Gasteiger partial charge is 0.506 e. The van der Waals surface area contributed by atoms with Gasteiger partial charge < -0.3 is 20.4 Å². The van der Waals surface area contributed by atoms with Gasteiger partial charge in [-0.15, -0.1) is 15.3 Å². The zero-order valence-electron chi connectivity index (χ0n) is 20.5. The Morgan fingerprint density at radius 1 is 1.05 bits per heavy atom. The Labute approximate surface area is 218 Å². The van der Waals surface area contributed by atoms with Crippen molar-refractivity contribution in [3.63, 3.8) is 0 Å². The van der Waals surface area contributed by atoms with Crippen molar-refractivity contribution in [3.05, 3.63) is 30.7 Å². The third-order valence-corrected chi connectivity index (χ3v) is 6.25. The Bertz CT molecular complexity index is 1490. The fraction of sp³-hybridized carbons (Fsp3) is 0.391. The van der Waals surface area contributed by atoms with Crippen LogP contribution >= 0.6 is 0 Å². The molecule has 1 saturated carbocycles. The number of alkyl halides is 3. The fourth-order valence-electron chi connectivity index (χ4n) is 4.17. The number of aromatic hydroxyl groups is 1. The van der Waals surface area contributed by atoms with Gasteiger partial charge in [0.25, 0.3) is 0 Å². The number of nitrogens with one attached hydrogen (secondary N) is 1. The molecule has 0 amide bonds. The maximum atomic E-state index is 10.6. The first-order valence-corrected chi connectivity index (χ1v) is 11.9. The molecule has 1 saturated heterocycles. The standard InChI is InChI=1S/C21H22N10O.C2HF3O2/c1-30-28-15-6-13(9-24-20(15)29-30)14-7-18(32)19(23-8-14)16-10-25-21(27-26-16)31-5-4-22-17(11-31)12-2-3-12;3-2(4,5)1(6)7/h6-10,12,17,22,32H,2-5,11H2,1H3;(H,6,7)/t17-;/m1./s1. The zero-order chi connectivity index (χ0) is 27.7. The number of pyridine rings is 2. The summed E-state index contributed by atoms with van der Waals surface area (Å²) >= 11 is 0. The molecule has 4 aromatic rings. The summed E-state index contributed by atoms with van der Waals surface area (Å²) in [5, 5.41) is 38.4. The van der Waals surface area contributed by atoms with Crippen molar-refractivity contribution in [2.75, 3.05) is 24.5 Å². The van der Waals surface area contributed by atoms with Crippen LogP contribution in [0.2, 0.25) is 0 Å². The third kappa shape index (κ3) is 6.00. The monoisotopic (exact) mass is 544 g/mol. The van der Waals surface area contributed by atoms with Gasteiger partial charge in [0, 0.05) is 56.2 Å². The highest BCUT2D eigenvalue weighted by Gasteiger charge is 2.38. The summed E-state index contributed by atoms with van der Waals surface area (Å²) in [4.78, 5) is 25.8. The molecule has 4 aromatic heterocycles. The molecular weight excluding hydrogens is 521 g/mol. The number of rotatable bonds is 4. The number of halogens is 3. The van der Waals surface area contributed by atoms with E-state index >= 15 is 0 Å². The minimum absolute atomic E-state index is 0.00145. The summed E-state index contributed by atoms with van der Waals surface area (Å²) in [6, 6.07) is 4.00. The Balaban J connectivity index is 0.000000392. The number of hydrogen-bond acceptors (Lipinski definition) is 11. The summed E-state index contributed by atoms with van der Waals surface area (Å²) in [7, 11) is 1.75. The van der Waals surface area contributed by atoms with Crippen molar-refractivity contribution in [1.82, 2.24) is 45.5 Å². The number of aryl methyl sites for hydroxylation is 1. The normalized spacial score (nSPS) is 17.5. The number of carbonyl (C=O) groups is 1. The fourth-order valence-corrected chi connectivity index (χ4v) is 4.17. The van der Waals surface area contributed by atoms with Gasteiger partial charge >= 0.3 is 12.1 Å². The molecule has 1 aliphatic heterocycles. The quantitative estimate of drug-likeness (QED) is 0.341. The number of carboxylic acids is 1. The zero-order valence-corrected chi connectivity index (χ0v) is 20.5. The molecule has 2 fully saturated rings. The van der Waals surface area contributed by atoms with E-state index in [2.05, 4.69) is 45.6 Å². The second kappa shape index (κ2) is 10.4. The van der Waals surface area contributed by atoms with Gasteiger partial charge in [-0.2, -0.15) is 23.1 Å². The molecule has 0 spiro atoms. The van der Waals surface area contributed by atoms with Gasteiger partial charge in [0.05, 0.1) is 6.20 Å². The maximum Gasteiger partial charge on any atom is 0.490 e. The van der Waals surface area contributed by atoms with Crippen molar-refractivity contribution in [2.24, 2.45) is 13.0 Å². The van der Waals surface area contributed by atoms with Crippen LogP contribution in [0.4, 0.5) is 19.1 Å². The van der Waals surface area contributed by atoms with E-state index in [1.807, 2.05) is 6.07 Å². The highest BCUT2D eigenvalue weighted by Crippen LogP contribution is 2.34. The first kappa shape index (κ1) is 26.1. The summed E-state index contributed by atoms with van der Waals surface area (Å²) in [5.74, 6) is -1.37. The van der Waals surface area contributed by atoms with Crippen LogP contribution in [0, 0.1) is 5.92 Å². The van der Waals surface area contributed by atoms with Crippen molar-refractivity contribution in [1.29, 1.82) is 0 Å². The molecule has 3 N–H and O–H groups in total. The first-order chi connectivity index (χ1) is 18.6. The van der Waals surface area contributed by atoms with Gasteiger partial charge in [0.15, 0.2) is 0 Å². The molecule has 0 bridgehead atoms. The Morgan fingerprint density at radius 3 is 2.41 bits per heavy atom. The molecule has 2 aliphatic rings. The summed E-state index contributed by atoms with van der Waals surface area (Å²) in [5.41, 5.74) is 3.52. The summed E-state index contributed by atoms with van der Waals surface area (Å²) in [6.45, 7) is 2.67. The van der Waals surface area contributed by atoms with E-state index in [1.165, 1.54) is 17.6 Å². The SMILES string of the molecule is Cn1nc2cc(-c3cnc(-c4cnc(N5CCN[C@@H](C6CC6)C5)nn4)c(O)c3)cnc2n1.O=C(O)C(F)(F)F. The number of hydrogen-bond donors (Lipinski definition) is 3. The smallest absolute Gasteiger partial charge is 0.490 e. The number of aliphatic carboxylic acids is 1. The van der Waals surface area contributed by atoms with Crippen molar-refractivity contribution < 1.29 is 28.2 Å². The van der Waals surface area contributed by atoms with E-state index in [0.29, 0.717) is 34.5 Å². The molecule has 0 radical (unpaired) electrons. The molecule has 1 atom stereocenters. The van der Waals surface area contributed by atoms with Crippen molar-refractivity contribution in [2.45, 2.75) is 25.1 Å². The molecule has 13 nitrogen and oxygen atoms in total. The average molecular weight is 544 g/mol. The Morgan fingerprint density at radius 2 is 1.77 bits per heavy atom. The molecule has 0 aromatic carbocycles. The lowest BCUT2D eigenvalue weighted by atomic mass is 10.1. The lowest BCUT2D eigenvalue weighted by Gasteiger charge is -2.33. The van der Waals surface area contributed by atoms with Gasteiger partial charge in [-0.05, 0) is 30.9 Å². The Kier molecular flexibility index (Phi) is 6.94. The van der Waals surface area contributed by atoms with Gasteiger partial charge in [-0.1, -0.05) is 0 Å². The minimum Gasteiger partial charge on any atom is -0.506 e. The average Bonchev–Trinajstić information content (AvgIpc) is 3.69. The number of piperazine rings is 1. The predicted molar refractivity (Wildman–Crippen MR) is 130 cm³/mol. The van der Waals surface area contributed by atoms with Crippen LogP contribution in [0.15, 0.2) is 30.7 Å². The predicted octanol–water partition coefficient (Wildman–Crippen LogP) is 1.80. The van der Waals surface area contributed by atoms with E-state index in [1.54, 1.807) is 31.7 Å². The second-order valence-corrected chi connectivity index (χ2v) is 9.14. The number of aromatic nitrogens is 8. The van der Waals surface area contributed by atoms with E-state index in [4.69, 9.17) is 9.90 Å². The van der Waals surface area contributed by atoms with Crippen LogP contribution in [0.25, 0.3) is 33.7 Å². The first-order valence-electron chi connectivity index (χ1n) is 11.9. The molecule has 0 unspecified atom stereocenters. The molecule has 16 heteroatoms. The van der Waals surface area contributed by atoms with Gasteiger partial charge in [-0.25, -0.2) is 19.7 Å².